The third kappa shape index (κ3) is 4.74. The van der Waals surface area contributed by atoms with Crippen molar-refractivity contribution in [1.82, 2.24) is 4.90 Å². The number of aryl methyl sites for hydroxylation is 2. The van der Waals surface area contributed by atoms with Crippen molar-refractivity contribution in [3.8, 4) is 17.2 Å². The number of hydrogen-bond donors (Lipinski definition) is 0. The van der Waals surface area contributed by atoms with E-state index in [-0.39, 0.29) is 24.3 Å². The van der Waals surface area contributed by atoms with Crippen LogP contribution in [0.3, 0.4) is 0 Å². The summed E-state index contributed by atoms with van der Waals surface area (Å²) in [4.78, 5) is 26.6. The fraction of sp³-hybridized carbons (Fsp3) is 0.273. The van der Waals surface area contributed by atoms with Gasteiger partial charge in [0, 0.05) is 5.56 Å². The molecule has 152 valence electrons. The van der Waals surface area contributed by atoms with E-state index in [1.807, 2.05) is 32.0 Å². The van der Waals surface area contributed by atoms with Gasteiger partial charge >= 0.3 is 0 Å². The van der Waals surface area contributed by atoms with Crippen LogP contribution in [-0.2, 0) is 4.79 Å². The highest BCUT2D eigenvalue weighted by atomic mass is 32.2. The van der Waals surface area contributed by atoms with Crippen LogP contribution in [-0.4, -0.2) is 43.4 Å². The number of ether oxygens (including phenoxy) is 3. The molecule has 0 radical (unpaired) electrons. The molecule has 0 atom stereocenters. The molecule has 29 heavy (non-hydrogen) atoms. The van der Waals surface area contributed by atoms with Gasteiger partial charge in [0.2, 0.25) is 0 Å². The zero-order chi connectivity index (χ0) is 21.0. The Labute approximate surface area is 174 Å². The van der Waals surface area contributed by atoms with Gasteiger partial charge in [-0.1, -0.05) is 12.1 Å². The van der Waals surface area contributed by atoms with Crippen molar-refractivity contribution in [3.63, 3.8) is 0 Å². The van der Waals surface area contributed by atoms with Crippen molar-refractivity contribution in [2.45, 2.75) is 13.8 Å². The lowest BCUT2D eigenvalue weighted by atomic mass is 10.1. The Morgan fingerprint density at radius 3 is 2.52 bits per heavy atom. The largest absolute Gasteiger partial charge is 0.497 e. The molecule has 2 aromatic carbocycles. The number of benzene rings is 2. The summed E-state index contributed by atoms with van der Waals surface area (Å²) in [5, 5.41) is -0.312. The second-order valence-electron chi connectivity index (χ2n) is 6.56. The Kier molecular flexibility index (Phi) is 6.49. The van der Waals surface area contributed by atoms with Crippen LogP contribution >= 0.6 is 11.8 Å². The summed E-state index contributed by atoms with van der Waals surface area (Å²) >= 11 is 0.908. The van der Waals surface area contributed by atoms with Crippen molar-refractivity contribution in [2.75, 3.05) is 27.4 Å². The molecule has 1 fully saturated rings. The number of imide groups is 1. The Balaban J connectivity index is 1.71. The third-order valence-electron chi connectivity index (χ3n) is 4.51. The Morgan fingerprint density at radius 1 is 1.00 bits per heavy atom. The fourth-order valence-electron chi connectivity index (χ4n) is 2.90. The first-order chi connectivity index (χ1) is 13.9. The number of hydrogen-bond acceptors (Lipinski definition) is 6. The van der Waals surface area contributed by atoms with Crippen LogP contribution in [0, 0.1) is 13.8 Å². The topological polar surface area (TPSA) is 65.1 Å². The molecule has 2 aromatic rings. The molecule has 1 saturated heterocycles. The smallest absolute Gasteiger partial charge is 0.293 e. The molecule has 1 aliphatic heterocycles. The molecule has 1 aliphatic rings. The van der Waals surface area contributed by atoms with Gasteiger partial charge in [-0.15, -0.1) is 0 Å². The van der Waals surface area contributed by atoms with E-state index in [0.29, 0.717) is 22.0 Å². The van der Waals surface area contributed by atoms with Crippen LogP contribution in [0.4, 0.5) is 4.79 Å². The van der Waals surface area contributed by atoms with Crippen LogP contribution in [0.25, 0.3) is 6.08 Å². The van der Waals surface area contributed by atoms with Crippen LogP contribution in [0.2, 0.25) is 0 Å². The van der Waals surface area contributed by atoms with E-state index in [9.17, 15) is 9.59 Å². The number of methoxy groups -OCH3 is 2. The molecule has 0 aromatic heterocycles. The van der Waals surface area contributed by atoms with E-state index in [1.54, 1.807) is 38.5 Å². The first-order valence-corrected chi connectivity index (χ1v) is 9.92. The molecule has 7 heteroatoms. The average molecular weight is 413 g/mol. The molecule has 0 aliphatic carbocycles. The highest BCUT2D eigenvalue weighted by molar-refractivity contribution is 8.18. The van der Waals surface area contributed by atoms with Crippen LogP contribution in [0.15, 0.2) is 41.3 Å². The number of carbonyl (C=O) groups is 2. The molecule has 0 N–H and O–H groups in total. The molecule has 6 nitrogen and oxygen atoms in total. The maximum absolute atomic E-state index is 12.7. The van der Waals surface area contributed by atoms with Crippen molar-refractivity contribution >= 4 is 29.0 Å². The van der Waals surface area contributed by atoms with Crippen molar-refractivity contribution in [1.29, 1.82) is 0 Å². The number of carbonyl (C=O) groups excluding carboxylic acids is 2. The molecule has 2 amide bonds. The summed E-state index contributed by atoms with van der Waals surface area (Å²) in [6, 6.07) is 11.2. The number of rotatable bonds is 7. The van der Waals surface area contributed by atoms with Gasteiger partial charge in [0.1, 0.15) is 23.9 Å². The second kappa shape index (κ2) is 9.05. The van der Waals surface area contributed by atoms with Crippen molar-refractivity contribution in [2.24, 2.45) is 0 Å². The molecular weight excluding hydrogens is 390 g/mol. The summed E-state index contributed by atoms with van der Waals surface area (Å²) in [6.07, 6.45) is 1.65. The van der Waals surface area contributed by atoms with E-state index in [2.05, 4.69) is 0 Å². The Hall–Kier alpha value is -2.93. The van der Waals surface area contributed by atoms with Gasteiger partial charge in [-0.05, 0) is 67.1 Å². The Morgan fingerprint density at radius 2 is 1.79 bits per heavy atom. The molecule has 0 spiro atoms. The third-order valence-corrected chi connectivity index (χ3v) is 5.42. The van der Waals surface area contributed by atoms with Gasteiger partial charge in [0.25, 0.3) is 11.1 Å². The van der Waals surface area contributed by atoms with Gasteiger partial charge in [-0.3, -0.25) is 14.5 Å². The van der Waals surface area contributed by atoms with E-state index in [4.69, 9.17) is 14.2 Å². The fourth-order valence-corrected chi connectivity index (χ4v) is 3.75. The molecule has 0 unspecified atom stereocenters. The minimum absolute atomic E-state index is 0.185. The van der Waals surface area contributed by atoms with Crippen molar-refractivity contribution in [3.05, 3.63) is 58.0 Å². The first kappa shape index (κ1) is 20.8. The first-order valence-electron chi connectivity index (χ1n) is 9.10. The molecule has 3 rings (SSSR count). The van der Waals surface area contributed by atoms with E-state index in [1.165, 1.54) is 4.90 Å². The summed E-state index contributed by atoms with van der Waals surface area (Å²) < 4.78 is 16.4. The van der Waals surface area contributed by atoms with Gasteiger partial charge in [0.15, 0.2) is 0 Å². The Bertz CT molecular complexity index is 970. The summed E-state index contributed by atoms with van der Waals surface area (Å²) in [5.41, 5.74) is 2.77. The predicted molar refractivity (Wildman–Crippen MR) is 114 cm³/mol. The maximum atomic E-state index is 12.7. The minimum atomic E-state index is -0.338. The average Bonchev–Trinajstić information content (AvgIpc) is 2.97. The zero-order valence-electron chi connectivity index (χ0n) is 16.9. The van der Waals surface area contributed by atoms with Crippen molar-refractivity contribution < 1.29 is 23.8 Å². The lowest BCUT2D eigenvalue weighted by Gasteiger charge is -2.14. The molecule has 0 saturated carbocycles. The normalized spacial score (nSPS) is 15.2. The van der Waals surface area contributed by atoms with E-state index >= 15 is 0 Å². The predicted octanol–water partition coefficient (Wildman–Crippen LogP) is 4.44. The highest BCUT2D eigenvalue weighted by Gasteiger charge is 2.35. The minimum Gasteiger partial charge on any atom is -0.497 e. The van der Waals surface area contributed by atoms with Crippen LogP contribution < -0.4 is 14.2 Å². The van der Waals surface area contributed by atoms with Gasteiger partial charge in [0.05, 0.1) is 25.7 Å². The van der Waals surface area contributed by atoms with Crippen LogP contribution in [0.1, 0.15) is 16.7 Å². The monoisotopic (exact) mass is 413 g/mol. The lowest BCUT2D eigenvalue weighted by Crippen LogP contribution is -2.32. The molecule has 1 heterocycles. The highest BCUT2D eigenvalue weighted by Crippen LogP contribution is 2.35. The van der Waals surface area contributed by atoms with Crippen LogP contribution in [0.5, 0.6) is 17.2 Å². The number of nitrogens with zero attached hydrogens (tertiary/aromatic N) is 1. The summed E-state index contributed by atoms with van der Waals surface area (Å²) in [6.45, 7) is 4.36. The van der Waals surface area contributed by atoms with E-state index < -0.39 is 0 Å². The molecule has 0 bridgehead atoms. The number of thioether (sulfide) groups is 1. The standard InChI is InChI=1S/C22H23NO5S/c1-14-5-6-15(2)19(11-14)28-10-9-23-21(24)20(29-22(23)25)13-16-12-17(26-3)7-8-18(16)27-4/h5-8,11-13H,9-10H2,1-4H3/b20-13-. The van der Waals surface area contributed by atoms with Gasteiger partial charge in [-0.25, -0.2) is 0 Å². The zero-order valence-corrected chi connectivity index (χ0v) is 17.7. The second-order valence-corrected chi connectivity index (χ2v) is 7.55. The summed E-state index contributed by atoms with van der Waals surface area (Å²) in [5.74, 6) is 1.65. The maximum Gasteiger partial charge on any atom is 0.293 e. The number of amides is 2. The SMILES string of the molecule is COc1ccc(OC)c(/C=C2\SC(=O)N(CCOc3cc(C)ccc3C)C2=O)c1. The van der Waals surface area contributed by atoms with E-state index in [0.717, 1.165) is 28.6 Å². The molecular formula is C22H23NO5S. The van der Waals surface area contributed by atoms with Gasteiger partial charge in [-0.2, -0.15) is 0 Å². The van der Waals surface area contributed by atoms with Gasteiger partial charge < -0.3 is 14.2 Å². The summed E-state index contributed by atoms with van der Waals surface area (Å²) in [7, 11) is 3.12. The quantitative estimate of drug-likeness (QED) is 0.626. The lowest BCUT2D eigenvalue weighted by molar-refractivity contribution is -0.123.